The molecule has 2 aromatic carbocycles. The van der Waals surface area contributed by atoms with Gasteiger partial charge in [0, 0.05) is 42.8 Å². The predicted octanol–water partition coefficient (Wildman–Crippen LogP) is 4.93. The summed E-state index contributed by atoms with van der Waals surface area (Å²) >= 11 is 6.34. The van der Waals surface area contributed by atoms with E-state index in [0.717, 1.165) is 38.5 Å². The van der Waals surface area contributed by atoms with Gasteiger partial charge < -0.3 is 5.11 Å². The number of hydrogen-bond donors (Lipinski definition) is 1. The lowest BCUT2D eigenvalue weighted by Gasteiger charge is -2.30. The summed E-state index contributed by atoms with van der Waals surface area (Å²) < 4.78 is 0. The number of aliphatic hydroxyl groups is 1. The molecule has 0 bridgehead atoms. The fourth-order valence-corrected chi connectivity index (χ4v) is 4.88. The molecule has 1 heterocycles. The molecule has 0 saturated carbocycles. The van der Waals surface area contributed by atoms with Crippen LogP contribution < -0.4 is 0 Å². The van der Waals surface area contributed by atoms with Crippen molar-refractivity contribution in [2.45, 2.75) is 44.9 Å². The van der Waals surface area contributed by atoms with Gasteiger partial charge in [0.1, 0.15) is 5.78 Å². The van der Waals surface area contributed by atoms with E-state index in [1.165, 1.54) is 5.56 Å². The van der Waals surface area contributed by atoms with E-state index in [-0.39, 0.29) is 18.8 Å². The summed E-state index contributed by atoms with van der Waals surface area (Å²) in [7, 11) is 0. The van der Waals surface area contributed by atoms with Crippen molar-refractivity contribution in [3.8, 4) is 0 Å². The van der Waals surface area contributed by atoms with Crippen LogP contribution >= 0.6 is 11.6 Å². The molecule has 154 valence electrons. The van der Waals surface area contributed by atoms with Gasteiger partial charge in [0.2, 0.25) is 0 Å². The molecule has 0 unspecified atom stereocenters. The molecule has 1 atom stereocenters. The number of carbonyl (C=O) groups excluding carboxylic acids is 1. The van der Waals surface area contributed by atoms with Gasteiger partial charge >= 0.3 is 0 Å². The first-order valence-electron chi connectivity index (χ1n) is 10.4. The van der Waals surface area contributed by atoms with E-state index >= 15 is 0 Å². The number of hydrogen-bond acceptors (Lipinski definition) is 3. The first-order chi connectivity index (χ1) is 14.4. The molecule has 0 aliphatic heterocycles. The van der Waals surface area contributed by atoms with Crippen LogP contribution in [0.2, 0.25) is 5.02 Å². The molecule has 1 N–H and O–H groups in total. The van der Waals surface area contributed by atoms with E-state index in [1.54, 1.807) is 0 Å². The Labute approximate surface area is 182 Å². The molecule has 4 heteroatoms. The van der Waals surface area contributed by atoms with Crippen LogP contribution in [0.1, 0.15) is 45.5 Å². The molecule has 1 aliphatic rings. The first-order valence-corrected chi connectivity index (χ1v) is 10.7. The number of halogens is 1. The maximum absolute atomic E-state index is 13.3. The zero-order valence-corrected chi connectivity index (χ0v) is 18.2. The monoisotopic (exact) mass is 419 g/mol. The van der Waals surface area contributed by atoms with Crippen LogP contribution in [-0.4, -0.2) is 22.5 Å². The second-order valence-electron chi connectivity index (χ2n) is 8.30. The number of aliphatic hydroxyl groups excluding tert-OH is 1. The van der Waals surface area contributed by atoms with Gasteiger partial charge in [-0.25, -0.2) is 0 Å². The summed E-state index contributed by atoms with van der Waals surface area (Å²) in [5.74, 6) is 0.0874. The third kappa shape index (κ3) is 3.68. The van der Waals surface area contributed by atoms with E-state index < -0.39 is 5.41 Å². The minimum atomic E-state index is -0.656. The van der Waals surface area contributed by atoms with Crippen molar-refractivity contribution >= 4 is 17.4 Å². The summed E-state index contributed by atoms with van der Waals surface area (Å²) in [6, 6.07) is 16.2. The number of carbonyl (C=O) groups is 1. The molecular formula is C26H26ClNO2. The molecule has 0 spiro atoms. The van der Waals surface area contributed by atoms with Crippen molar-refractivity contribution in [2.24, 2.45) is 0 Å². The lowest BCUT2D eigenvalue weighted by Crippen LogP contribution is -2.38. The Kier molecular flexibility index (Phi) is 5.77. The van der Waals surface area contributed by atoms with Crippen molar-refractivity contribution in [1.82, 2.24) is 4.98 Å². The molecule has 1 aliphatic carbocycles. The minimum absolute atomic E-state index is 0.0874. The molecule has 1 aromatic heterocycles. The largest absolute Gasteiger partial charge is 0.396 e. The van der Waals surface area contributed by atoms with Crippen LogP contribution in [0.15, 0.2) is 54.7 Å². The van der Waals surface area contributed by atoms with Gasteiger partial charge in [-0.2, -0.15) is 0 Å². The quantitative estimate of drug-likeness (QED) is 0.616. The SMILES string of the molecule is Cc1cccc([C@]2(C(=O)CCO)Cc3cc(Cc4ccccc4Cl)cnc3C2)c1C. The number of ketones is 1. The summed E-state index contributed by atoms with van der Waals surface area (Å²) in [6.45, 7) is 4.02. The standard InChI is InChI=1S/C26H26ClNO2/c1-17-6-5-8-22(18(17)2)26(25(30)10-11-29)14-21-13-19(16-28-24(21)15-26)12-20-7-3-4-9-23(20)27/h3-9,13,16,29H,10-12,14-15H2,1-2H3/t26-/m0/s1. The molecule has 3 nitrogen and oxygen atoms in total. The van der Waals surface area contributed by atoms with Crippen LogP contribution in [-0.2, 0) is 29.5 Å². The molecule has 3 aromatic rings. The normalized spacial score (nSPS) is 17.7. The summed E-state index contributed by atoms with van der Waals surface area (Å²) in [5, 5.41) is 10.2. The number of benzene rings is 2. The highest BCUT2D eigenvalue weighted by molar-refractivity contribution is 6.31. The number of aromatic nitrogens is 1. The van der Waals surface area contributed by atoms with Gasteiger partial charge in [0.25, 0.3) is 0 Å². The highest BCUT2D eigenvalue weighted by Gasteiger charge is 2.46. The second kappa shape index (κ2) is 8.33. The number of fused-ring (bicyclic) bond motifs is 1. The van der Waals surface area contributed by atoms with Crippen LogP contribution in [0.3, 0.4) is 0 Å². The molecule has 0 saturated heterocycles. The lowest BCUT2D eigenvalue weighted by atomic mass is 9.71. The smallest absolute Gasteiger partial charge is 0.146 e. The average Bonchev–Trinajstić information content (AvgIpc) is 3.12. The van der Waals surface area contributed by atoms with Crippen LogP contribution in [0, 0.1) is 13.8 Å². The number of pyridine rings is 1. The van der Waals surface area contributed by atoms with Crippen LogP contribution in [0.5, 0.6) is 0 Å². The molecule has 0 amide bonds. The molecular weight excluding hydrogens is 394 g/mol. The number of nitrogens with zero attached hydrogens (tertiary/aromatic N) is 1. The Bertz CT molecular complexity index is 1110. The Hall–Kier alpha value is -2.49. The van der Waals surface area contributed by atoms with Gasteiger partial charge in [-0.05, 0) is 59.7 Å². The van der Waals surface area contributed by atoms with E-state index in [9.17, 15) is 9.90 Å². The Morgan fingerprint density at radius 1 is 1.13 bits per heavy atom. The Morgan fingerprint density at radius 2 is 1.93 bits per heavy atom. The van der Waals surface area contributed by atoms with Crippen molar-refractivity contribution in [3.63, 3.8) is 0 Å². The zero-order valence-electron chi connectivity index (χ0n) is 17.4. The summed E-state index contributed by atoms with van der Waals surface area (Å²) in [4.78, 5) is 18.1. The molecule has 4 rings (SSSR count). The molecule has 0 fully saturated rings. The van der Waals surface area contributed by atoms with E-state index in [0.29, 0.717) is 19.3 Å². The van der Waals surface area contributed by atoms with Crippen LogP contribution in [0.4, 0.5) is 0 Å². The highest BCUT2D eigenvalue weighted by atomic mass is 35.5. The van der Waals surface area contributed by atoms with Crippen LogP contribution in [0.25, 0.3) is 0 Å². The molecule has 0 radical (unpaired) electrons. The fourth-order valence-electron chi connectivity index (χ4n) is 4.68. The van der Waals surface area contributed by atoms with E-state index in [2.05, 4.69) is 32.0 Å². The molecule has 30 heavy (non-hydrogen) atoms. The van der Waals surface area contributed by atoms with Crippen molar-refractivity contribution in [2.75, 3.05) is 6.61 Å². The fraction of sp³-hybridized carbons (Fsp3) is 0.308. The maximum Gasteiger partial charge on any atom is 0.146 e. The highest BCUT2D eigenvalue weighted by Crippen LogP contribution is 2.42. The summed E-state index contributed by atoms with van der Waals surface area (Å²) in [6.07, 6.45) is 3.97. The average molecular weight is 420 g/mol. The number of rotatable bonds is 6. The predicted molar refractivity (Wildman–Crippen MR) is 120 cm³/mol. The van der Waals surface area contributed by atoms with Gasteiger partial charge in [-0.15, -0.1) is 0 Å². The third-order valence-electron chi connectivity index (χ3n) is 6.42. The second-order valence-corrected chi connectivity index (χ2v) is 8.70. The van der Waals surface area contributed by atoms with Gasteiger partial charge in [0.15, 0.2) is 0 Å². The van der Waals surface area contributed by atoms with Gasteiger partial charge in [0.05, 0.1) is 5.41 Å². The van der Waals surface area contributed by atoms with E-state index in [4.69, 9.17) is 16.6 Å². The van der Waals surface area contributed by atoms with Crippen molar-refractivity contribution in [1.29, 1.82) is 0 Å². The van der Waals surface area contributed by atoms with Gasteiger partial charge in [-0.3, -0.25) is 9.78 Å². The maximum atomic E-state index is 13.3. The summed E-state index contributed by atoms with van der Waals surface area (Å²) in [5.41, 5.74) is 6.98. The minimum Gasteiger partial charge on any atom is -0.396 e. The first kappa shape index (κ1) is 20.8. The number of Topliss-reactive ketones (excluding diaryl/α,β-unsaturated/α-hetero) is 1. The van der Waals surface area contributed by atoms with Crippen molar-refractivity contribution < 1.29 is 9.90 Å². The lowest BCUT2D eigenvalue weighted by molar-refractivity contribution is -0.125. The van der Waals surface area contributed by atoms with Crippen molar-refractivity contribution in [3.05, 3.63) is 98.8 Å². The topological polar surface area (TPSA) is 50.2 Å². The third-order valence-corrected chi connectivity index (χ3v) is 6.79. The number of aryl methyl sites for hydroxylation is 1. The van der Waals surface area contributed by atoms with Gasteiger partial charge in [-0.1, -0.05) is 54.1 Å². The zero-order chi connectivity index (χ0) is 21.3. The van der Waals surface area contributed by atoms with E-state index in [1.807, 2.05) is 36.5 Å². The Balaban J connectivity index is 1.72. The Morgan fingerprint density at radius 3 is 2.70 bits per heavy atom.